The Balaban J connectivity index is 1.74. The van der Waals surface area contributed by atoms with E-state index in [1.54, 1.807) is 6.07 Å². The second kappa shape index (κ2) is 10.0. The second-order valence-electron chi connectivity index (χ2n) is 8.73. The summed E-state index contributed by atoms with van der Waals surface area (Å²) in [7, 11) is 1.99. The number of amides is 2. The summed E-state index contributed by atoms with van der Waals surface area (Å²) in [6.07, 6.45) is 7.07. The van der Waals surface area contributed by atoms with Crippen molar-refractivity contribution in [2.75, 3.05) is 20.1 Å². The van der Waals surface area contributed by atoms with Crippen molar-refractivity contribution in [3.63, 3.8) is 0 Å². The van der Waals surface area contributed by atoms with Crippen LogP contribution >= 0.6 is 0 Å². The molecule has 1 heterocycles. The van der Waals surface area contributed by atoms with Crippen molar-refractivity contribution in [1.29, 1.82) is 5.26 Å². The van der Waals surface area contributed by atoms with Crippen LogP contribution in [0.5, 0.6) is 0 Å². The Labute approximate surface area is 177 Å². The van der Waals surface area contributed by atoms with E-state index in [0.29, 0.717) is 25.2 Å². The van der Waals surface area contributed by atoms with Crippen molar-refractivity contribution >= 4 is 11.8 Å². The highest BCUT2D eigenvalue weighted by Gasteiger charge is 2.38. The minimum absolute atomic E-state index is 0.0757. The SMILES string of the molecule is CN1CCC(C#N)(NC(=O)C(CC2CCCCC2)NC(=O)c2ccccc2F)CC1. The number of carbonyl (C=O) groups is 2. The smallest absolute Gasteiger partial charge is 0.254 e. The highest BCUT2D eigenvalue weighted by Crippen LogP contribution is 2.28. The van der Waals surface area contributed by atoms with Crippen LogP contribution in [0, 0.1) is 23.1 Å². The number of carbonyl (C=O) groups excluding carboxylic acids is 2. The van der Waals surface area contributed by atoms with E-state index in [1.807, 2.05) is 7.05 Å². The monoisotopic (exact) mass is 414 g/mol. The molecular weight excluding hydrogens is 383 g/mol. The minimum atomic E-state index is -0.920. The maximum absolute atomic E-state index is 14.1. The van der Waals surface area contributed by atoms with Crippen molar-refractivity contribution in [1.82, 2.24) is 15.5 Å². The summed E-state index contributed by atoms with van der Waals surface area (Å²) in [4.78, 5) is 28.0. The number of hydrogen-bond donors (Lipinski definition) is 2. The lowest BCUT2D eigenvalue weighted by Crippen LogP contribution is -2.58. The molecule has 0 spiro atoms. The average Bonchev–Trinajstić information content (AvgIpc) is 2.76. The molecule has 2 aliphatic rings. The van der Waals surface area contributed by atoms with Gasteiger partial charge >= 0.3 is 0 Å². The minimum Gasteiger partial charge on any atom is -0.340 e. The number of nitriles is 1. The zero-order valence-corrected chi connectivity index (χ0v) is 17.6. The van der Waals surface area contributed by atoms with Gasteiger partial charge in [0.15, 0.2) is 0 Å². The summed E-state index contributed by atoms with van der Waals surface area (Å²) in [6, 6.07) is 7.26. The van der Waals surface area contributed by atoms with E-state index in [2.05, 4.69) is 21.6 Å². The largest absolute Gasteiger partial charge is 0.340 e. The number of likely N-dealkylation sites (tertiary alicyclic amines) is 1. The van der Waals surface area contributed by atoms with Gasteiger partial charge in [-0.3, -0.25) is 9.59 Å². The molecule has 1 saturated carbocycles. The van der Waals surface area contributed by atoms with Crippen LogP contribution in [0.3, 0.4) is 0 Å². The van der Waals surface area contributed by atoms with Crippen LogP contribution in [0.25, 0.3) is 0 Å². The summed E-state index contributed by atoms with van der Waals surface area (Å²) in [6.45, 7) is 1.45. The van der Waals surface area contributed by atoms with Crippen LogP contribution in [0.2, 0.25) is 0 Å². The molecule has 1 aliphatic carbocycles. The molecule has 2 fully saturated rings. The van der Waals surface area contributed by atoms with Crippen molar-refractivity contribution in [2.24, 2.45) is 5.92 Å². The Hall–Kier alpha value is -2.46. The van der Waals surface area contributed by atoms with Gasteiger partial charge in [0.05, 0.1) is 11.6 Å². The van der Waals surface area contributed by atoms with E-state index >= 15 is 0 Å². The Kier molecular flexibility index (Phi) is 7.43. The lowest BCUT2D eigenvalue weighted by molar-refractivity contribution is -0.125. The van der Waals surface area contributed by atoms with E-state index in [9.17, 15) is 19.2 Å². The molecule has 1 aromatic carbocycles. The van der Waals surface area contributed by atoms with Crippen LogP contribution in [0.4, 0.5) is 4.39 Å². The van der Waals surface area contributed by atoms with Gasteiger partial charge in [0, 0.05) is 13.1 Å². The summed E-state index contributed by atoms with van der Waals surface area (Å²) in [5, 5.41) is 15.4. The molecule has 2 amide bonds. The zero-order valence-electron chi connectivity index (χ0n) is 17.6. The molecule has 30 heavy (non-hydrogen) atoms. The third-order valence-corrected chi connectivity index (χ3v) is 6.45. The maximum atomic E-state index is 14.1. The topological polar surface area (TPSA) is 85.2 Å². The van der Waals surface area contributed by atoms with Gasteiger partial charge < -0.3 is 15.5 Å². The van der Waals surface area contributed by atoms with E-state index < -0.39 is 23.3 Å². The third kappa shape index (κ3) is 5.57. The average molecular weight is 415 g/mol. The molecule has 0 aromatic heterocycles. The first-order chi connectivity index (χ1) is 14.4. The molecule has 1 unspecified atom stereocenters. The molecule has 0 bridgehead atoms. The highest BCUT2D eigenvalue weighted by atomic mass is 19.1. The number of nitrogens with one attached hydrogen (secondary N) is 2. The number of hydrogen-bond acceptors (Lipinski definition) is 4. The number of rotatable bonds is 6. The standard InChI is InChI=1S/C23H31FN4O2/c1-28-13-11-23(16-25,12-14-28)27-22(30)20(15-17-7-3-2-4-8-17)26-21(29)18-9-5-6-10-19(18)24/h5-6,9-10,17,20H,2-4,7-8,11-15H2,1H3,(H,26,29)(H,27,30). The van der Waals surface area contributed by atoms with Gasteiger partial charge in [0.2, 0.25) is 5.91 Å². The van der Waals surface area contributed by atoms with Gasteiger partial charge in [-0.05, 0) is 44.4 Å². The molecule has 1 atom stereocenters. The molecule has 1 saturated heterocycles. The Morgan fingerprint density at radius 3 is 2.53 bits per heavy atom. The number of nitrogens with zero attached hydrogens (tertiary/aromatic N) is 2. The first-order valence-electron chi connectivity index (χ1n) is 10.9. The van der Waals surface area contributed by atoms with E-state index in [1.165, 1.54) is 24.6 Å². The summed E-state index contributed by atoms with van der Waals surface area (Å²) in [5.41, 5.74) is -0.995. The quantitative estimate of drug-likeness (QED) is 0.749. The van der Waals surface area contributed by atoms with Gasteiger partial charge in [0.1, 0.15) is 17.4 Å². The van der Waals surface area contributed by atoms with E-state index in [-0.39, 0.29) is 11.5 Å². The molecule has 1 aromatic rings. The van der Waals surface area contributed by atoms with E-state index in [4.69, 9.17) is 0 Å². The maximum Gasteiger partial charge on any atom is 0.254 e. The van der Waals surface area contributed by atoms with Crippen LogP contribution in [0.15, 0.2) is 24.3 Å². The fourth-order valence-electron chi connectivity index (χ4n) is 4.46. The van der Waals surface area contributed by atoms with Crippen molar-refractivity contribution in [3.8, 4) is 6.07 Å². The molecule has 1 aliphatic heterocycles. The lowest BCUT2D eigenvalue weighted by Gasteiger charge is -2.37. The van der Waals surface area contributed by atoms with Crippen LogP contribution < -0.4 is 10.6 Å². The van der Waals surface area contributed by atoms with Gasteiger partial charge in [-0.25, -0.2) is 4.39 Å². The van der Waals surface area contributed by atoms with Crippen LogP contribution in [0.1, 0.15) is 61.7 Å². The molecular formula is C23H31FN4O2. The van der Waals surface area contributed by atoms with Crippen LogP contribution in [-0.4, -0.2) is 48.4 Å². The highest BCUT2D eigenvalue weighted by molar-refractivity contribution is 5.97. The Morgan fingerprint density at radius 2 is 1.90 bits per heavy atom. The van der Waals surface area contributed by atoms with Crippen LogP contribution in [-0.2, 0) is 4.79 Å². The van der Waals surface area contributed by atoms with Crippen molar-refractivity contribution in [2.45, 2.75) is 62.9 Å². The fraction of sp³-hybridized carbons (Fsp3) is 0.609. The fourth-order valence-corrected chi connectivity index (χ4v) is 4.46. The number of halogens is 1. The zero-order chi connectivity index (χ0) is 21.6. The van der Waals surface area contributed by atoms with Crippen molar-refractivity contribution in [3.05, 3.63) is 35.6 Å². The summed E-state index contributed by atoms with van der Waals surface area (Å²) < 4.78 is 14.1. The Bertz CT molecular complexity index is 793. The van der Waals surface area contributed by atoms with Gasteiger partial charge in [-0.2, -0.15) is 5.26 Å². The number of benzene rings is 1. The molecule has 0 radical (unpaired) electrons. The van der Waals surface area contributed by atoms with Crippen molar-refractivity contribution < 1.29 is 14.0 Å². The summed E-state index contributed by atoms with van der Waals surface area (Å²) >= 11 is 0. The number of piperidine rings is 1. The first kappa shape index (κ1) is 22.2. The second-order valence-corrected chi connectivity index (χ2v) is 8.73. The molecule has 6 nitrogen and oxygen atoms in total. The van der Waals surface area contributed by atoms with E-state index in [0.717, 1.165) is 38.8 Å². The van der Waals surface area contributed by atoms with Gasteiger partial charge in [-0.15, -0.1) is 0 Å². The molecule has 7 heteroatoms. The lowest BCUT2D eigenvalue weighted by atomic mass is 9.84. The normalized spacial score (nSPS) is 20.7. The predicted octanol–water partition coefficient (Wildman–Crippen LogP) is 3.00. The third-order valence-electron chi connectivity index (χ3n) is 6.45. The molecule has 162 valence electrons. The van der Waals surface area contributed by atoms with Gasteiger partial charge in [-0.1, -0.05) is 44.2 Å². The summed E-state index contributed by atoms with van der Waals surface area (Å²) in [5.74, 6) is -1.23. The Morgan fingerprint density at radius 1 is 1.23 bits per heavy atom. The first-order valence-corrected chi connectivity index (χ1v) is 10.9. The van der Waals surface area contributed by atoms with Gasteiger partial charge in [0.25, 0.3) is 5.91 Å². The predicted molar refractivity (Wildman–Crippen MR) is 112 cm³/mol. The molecule has 3 rings (SSSR count). The molecule has 2 N–H and O–H groups in total.